The van der Waals surface area contributed by atoms with Gasteiger partial charge in [-0.15, -0.1) is 0 Å². The van der Waals surface area contributed by atoms with Crippen LogP contribution in [0.25, 0.3) is 0 Å². The molecule has 0 saturated heterocycles. The van der Waals surface area contributed by atoms with Crippen LogP contribution in [-0.2, 0) is 6.42 Å². The average molecular weight is 336 g/mol. The van der Waals surface area contributed by atoms with Crippen LogP contribution in [-0.4, -0.2) is 5.11 Å². The summed E-state index contributed by atoms with van der Waals surface area (Å²) in [6, 6.07) is 10.3. The van der Waals surface area contributed by atoms with E-state index in [1.165, 1.54) is 0 Å². The molecule has 1 atom stereocenters. The van der Waals surface area contributed by atoms with Crippen LogP contribution in [0.2, 0.25) is 20.1 Å². The predicted octanol–water partition coefficient (Wildman–Crippen LogP) is 5.58. The Kier molecular flexibility index (Phi) is 4.99. The molecule has 100 valence electrons. The van der Waals surface area contributed by atoms with Gasteiger partial charge in [-0.05, 0) is 29.8 Å². The van der Waals surface area contributed by atoms with Crippen molar-refractivity contribution >= 4 is 46.4 Å². The summed E-state index contributed by atoms with van der Waals surface area (Å²) in [5.74, 6) is 0. The first-order chi connectivity index (χ1) is 8.99. The molecule has 1 nitrogen and oxygen atoms in total. The first-order valence-electron chi connectivity index (χ1n) is 5.55. The molecule has 0 fully saturated rings. The van der Waals surface area contributed by atoms with Crippen LogP contribution < -0.4 is 0 Å². The third-order valence-corrected chi connectivity index (χ3v) is 4.20. The first kappa shape index (κ1) is 15.0. The normalized spacial score (nSPS) is 12.5. The van der Waals surface area contributed by atoms with Gasteiger partial charge < -0.3 is 5.11 Å². The van der Waals surface area contributed by atoms with Gasteiger partial charge in [0.2, 0.25) is 0 Å². The van der Waals surface area contributed by atoms with E-state index >= 15 is 0 Å². The summed E-state index contributed by atoms with van der Waals surface area (Å²) < 4.78 is 0. The second-order valence-electron chi connectivity index (χ2n) is 4.10. The van der Waals surface area contributed by atoms with Crippen LogP contribution in [0.5, 0.6) is 0 Å². The molecule has 0 aromatic heterocycles. The molecule has 0 aliphatic rings. The molecular weight excluding hydrogens is 326 g/mol. The highest BCUT2D eigenvalue weighted by Crippen LogP contribution is 2.32. The van der Waals surface area contributed by atoms with Crippen LogP contribution in [0.3, 0.4) is 0 Å². The van der Waals surface area contributed by atoms with Gasteiger partial charge >= 0.3 is 0 Å². The van der Waals surface area contributed by atoms with Gasteiger partial charge in [0.05, 0.1) is 16.1 Å². The van der Waals surface area contributed by atoms with Crippen molar-refractivity contribution in [2.75, 3.05) is 0 Å². The van der Waals surface area contributed by atoms with E-state index in [1.54, 1.807) is 30.3 Å². The smallest absolute Gasteiger partial charge is 0.0845 e. The van der Waals surface area contributed by atoms with Crippen molar-refractivity contribution < 1.29 is 5.11 Å². The quantitative estimate of drug-likeness (QED) is 0.776. The molecule has 0 aliphatic heterocycles. The fourth-order valence-electron chi connectivity index (χ4n) is 1.79. The molecule has 19 heavy (non-hydrogen) atoms. The van der Waals surface area contributed by atoms with Gasteiger partial charge in [-0.1, -0.05) is 58.5 Å². The van der Waals surface area contributed by atoms with Crippen molar-refractivity contribution in [3.63, 3.8) is 0 Å². The molecule has 0 radical (unpaired) electrons. The maximum Gasteiger partial charge on any atom is 0.0845 e. The first-order valence-corrected chi connectivity index (χ1v) is 7.06. The van der Waals surface area contributed by atoms with Gasteiger partial charge in [-0.3, -0.25) is 0 Å². The second kappa shape index (κ2) is 6.34. The van der Waals surface area contributed by atoms with Crippen LogP contribution in [0.1, 0.15) is 17.2 Å². The van der Waals surface area contributed by atoms with Crippen LogP contribution in [0.15, 0.2) is 36.4 Å². The number of benzene rings is 2. The second-order valence-corrected chi connectivity index (χ2v) is 5.73. The number of hydrogen-bond donors (Lipinski definition) is 1. The summed E-state index contributed by atoms with van der Waals surface area (Å²) in [6.45, 7) is 0. The van der Waals surface area contributed by atoms with Crippen LogP contribution >= 0.6 is 46.4 Å². The fraction of sp³-hybridized carbons (Fsp3) is 0.143. The highest BCUT2D eigenvalue weighted by atomic mass is 35.5. The minimum absolute atomic E-state index is 0.319. The van der Waals surface area contributed by atoms with E-state index in [2.05, 4.69) is 0 Å². The van der Waals surface area contributed by atoms with Crippen molar-refractivity contribution in [3.8, 4) is 0 Å². The van der Waals surface area contributed by atoms with E-state index in [9.17, 15) is 5.11 Å². The van der Waals surface area contributed by atoms with E-state index in [0.717, 1.165) is 5.56 Å². The van der Waals surface area contributed by atoms with Crippen LogP contribution in [0, 0.1) is 0 Å². The molecule has 1 N–H and O–H groups in total. The number of halogens is 4. The lowest BCUT2D eigenvalue weighted by atomic mass is 10.0. The molecule has 0 spiro atoms. The molecule has 2 aromatic rings. The van der Waals surface area contributed by atoms with E-state index in [4.69, 9.17) is 46.4 Å². The Morgan fingerprint density at radius 1 is 0.947 bits per heavy atom. The average Bonchev–Trinajstić information content (AvgIpc) is 2.38. The molecule has 5 heteroatoms. The topological polar surface area (TPSA) is 20.2 Å². The number of aliphatic hydroxyl groups is 1. The van der Waals surface area contributed by atoms with Gasteiger partial charge in [-0.25, -0.2) is 0 Å². The molecule has 1 unspecified atom stereocenters. The summed E-state index contributed by atoms with van der Waals surface area (Å²) in [7, 11) is 0. The minimum atomic E-state index is -0.790. The van der Waals surface area contributed by atoms with Gasteiger partial charge in [0.1, 0.15) is 0 Å². The lowest BCUT2D eigenvalue weighted by Crippen LogP contribution is -2.03. The Morgan fingerprint density at radius 2 is 1.68 bits per heavy atom. The van der Waals surface area contributed by atoms with E-state index in [0.29, 0.717) is 32.1 Å². The Balaban J connectivity index is 2.28. The maximum atomic E-state index is 10.2. The molecule has 0 bridgehead atoms. The lowest BCUT2D eigenvalue weighted by Gasteiger charge is -2.14. The van der Waals surface area contributed by atoms with Crippen molar-refractivity contribution in [3.05, 3.63) is 67.6 Å². The monoisotopic (exact) mass is 334 g/mol. The van der Waals surface area contributed by atoms with Crippen molar-refractivity contribution in [2.45, 2.75) is 12.5 Å². The van der Waals surface area contributed by atoms with Gasteiger partial charge in [0.25, 0.3) is 0 Å². The van der Waals surface area contributed by atoms with Gasteiger partial charge in [-0.2, -0.15) is 0 Å². The molecule has 2 rings (SSSR count). The maximum absolute atomic E-state index is 10.2. The Labute approximate surface area is 131 Å². The largest absolute Gasteiger partial charge is 0.388 e. The lowest BCUT2D eigenvalue weighted by molar-refractivity contribution is 0.178. The Morgan fingerprint density at radius 3 is 2.42 bits per heavy atom. The van der Waals surface area contributed by atoms with E-state index in [-0.39, 0.29) is 0 Å². The van der Waals surface area contributed by atoms with Crippen molar-refractivity contribution in [1.82, 2.24) is 0 Å². The zero-order valence-corrected chi connectivity index (χ0v) is 12.7. The standard InChI is InChI=1S/C14H10Cl4O/c15-9-4-5-11(16)10(7-9)13(19)6-8-2-1-3-12(17)14(8)18/h1-5,7,13,19H,6H2. The zero-order chi connectivity index (χ0) is 14.0. The summed E-state index contributed by atoms with van der Waals surface area (Å²) in [6.07, 6.45) is -0.471. The minimum Gasteiger partial charge on any atom is -0.388 e. The highest BCUT2D eigenvalue weighted by molar-refractivity contribution is 6.42. The molecule has 2 aromatic carbocycles. The van der Waals surface area contributed by atoms with Crippen molar-refractivity contribution in [2.24, 2.45) is 0 Å². The summed E-state index contributed by atoms with van der Waals surface area (Å²) >= 11 is 24.0. The Bertz CT molecular complexity index is 598. The summed E-state index contributed by atoms with van der Waals surface area (Å²) in [5.41, 5.74) is 1.34. The molecule has 0 saturated carbocycles. The molecule has 0 aliphatic carbocycles. The summed E-state index contributed by atoms with van der Waals surface area (Å²) in [5, 5.41) is 12.1. The molecular formula is C14H10Cl4O. The van der Waals surface area contributed by atoms with Gasteiger partial charge in [0.15, 0.2) is 0 Å². The number of aliphatic hydroxyl groups excluding tert-OH is 1. The number of hydrogen-bond acceptors (Lipinski definition) is 1. The van der Waals surface area contributed by atoms with E-state index in [1.807, 2.05) is 6.07 Å². The summed E-state index contributed by atoms with van der Waals surface area (Å²) in [4.78, 5) is 0. The van der Waals surface area contributed by atoms with Crippen LogP contribution in [0.4, 0.5) is 0 Å². The third kappa shape index (κ3) is 3.56. The zero-order valence-electron chi connectivity index (χ0n) is 9.71. The highest BCUT2D eigenvalue weighted by Gasteiger charge is 2.15. The third-order valence-electron chi connectivity index (χ3n) is 2.76. The van der Waals surface area contributed by atoms with E-state index < -0.39 is 6.10 Å². The Hall–Kier alpha value is -0.440. The molecule has 0 amide bonds. The molecule has 0 heterocycles. The predicted molar refractivity (Wildman–Crippen MR) is 81.6 cm³/mol. The van der Waals surface area contributed by atoms with Crippen molar-refractivity contribution in [1.29, 1.82) is 0 Å². The number of rotatable bonds is 3. The van der Waals surface area contributed by atoms with Gasteiger partial charge in [0, 0.05) is 22.0 Å². The SMILES string of the molecule is OC(Cc1cccc(Cl)c1Cl)c1cc(Cl)ccc1Cl. The fourth-order valence-corrected chi connectivity index (χ4v) is 2.62.